The van der Waals surface area contributed by atoms with E-state index in [2.05, 4.69) is 15.6 Å². The van der Waals surface area contributed by atoms with Crippen molar-refractivity contribution in [3.8, 4) is 0 Å². The molecule has 2 rings (SSSR count). The second-order valence-electron chi connectivity index (χ2n) is 4.05. The van der Waals surface area contributed by atoms with Gasteiger partial charge in [-0.3, -0.25) is 10.1 Å². The number of aromatic nitrogens is 1. The van der Waals surface area contributed by atoms with Gasteiger partial charge in [-0.1, -0.05) is 12.2 Å². The summed E-state index contributed by atoms with van der Waals surface area (Å²) in [4.78, 5) is 18.1. The Morgan fingerprint density at radius 1 is 1.71 bits per heavy atom. The molecule has 0 fully saturated rings. The van der Waals surface area contributed by atoms with Gasteiger partial charge in [0, 0.05) is 26.0 Å². The predicted octanol–water partition coefficient (Wildman–Crippen LogP) is 0.353. The summed E-state index contributed by atoms with van der Waals surface area (Å²) in [7, 11) is 3.91. The van der Waals surface area contributed by atoms with E-state index < -0.39 is 0 Å². The van der Waals surface area contributed by atoms with Crippen molar-refractivity contribution in [2.24, 2.45) is 0 Å². The molecule has 1 amide bonds. The summed E-state index contributed by atoms with van der Waals surface area (Å²) in [6, 6.07) is -0.193. The van der Waals surface area contributed by atoms with E-state index in [1.54, 1.807) is 11.3 Å². The van der Waals surface area contributed by atoms with Gasteiger partial charge in [0.15, 0.2) is 5.13 Å². The smallest absolute Gasteiger partial charge is 0.241 e. The van der Waals surface area contributed by atoms with Crippen LogP contribution < -0.4 is 15.5 Å². The fraction of sp³-hybridized carbons (Fsp3) is 0.455. The van der Waals surface area contributed by atoms with Crippen molar-refractivity contribution in [2.45, 2.75) is 12.6 Å². The molecule has 1 aliphatic rings. The molecular weight excluding hydrogens is 236 g/mol. The van der Waals surface area contributed by atoms with E-state index >= 15 is 0 Å². The lowest BCUT2D eigenvalue weighted by atomic mass is 10.3. The number of hydrogen-bond donors (Lipinski definition) is 2. The maximum Gasteiger partial charge on any atom is 0.241 e. The van der Waals surface area contributed by atoms with Crippen LogP contribution in [-0.2, 0) is 11.3 Å². The highest BCUT2D eigenvalue weighted by Gasteiger charge is 2.17. The zero-order valence-electron chi connectivity index (χ0n) is 9.93. The zero-order valence-corrected chi connectivity index (χ0v) is 10.8. The minimum absolute atomic E-state index is 0.00171. The first-order valence-corrected chi connectivity index (χ1v) is 6.34. The number of nitrogens with zero attached hydrogens (tertiary/aromatic N) is 2. The summed E-state index contributed by atoms with van der Waals surface area (Å²) in [5, 5.41) is 8.85. The normalized spacial score (nSPS) is 18.4. The molecule has 0 saturated carbocycles. The van der Waals surface area contributed by atoms with Crippen molar-refractivity contribution in [2.75, 3.05) is 25.5 Å². The summed E-state index contributed by atoms with van der Waals surface area (Å²) >= 11 is 1.58. The second kappa shape index (κ2) is 5.29. The fourth-order valence-corrected chi connectivity index (χ4v) is 2.28. The highest BCUT2D eigenvalue weighted by molar-refractivity contribution is 7.13. The van der Waals surface area contributed by atoms with Crippen LogP contribution in [0.5, 0.6) is 0 Å². The van der Waals surface area contributed by atoms with Gasteiger partial charge in [0.1, 0.15) is 6.04 Å². The van der Waals surface area contributed by atoms with Crippen LogP contribution in [0.1, 0.15) is 5.69 Å². The van der Waals surface area contributed by atoms with Crippen LogP contribution >= 0.6 is 11.3 Å². The van der Waals surface area contributed by atoms with Gasteiger partial charge in [0.2, 0.25) is 5.91 Å². The summed E-state index contributed by atoms with van der Waals surface area (Å²) in [5.74, 6) is -0.00171. The lowest BCUT2D eigenvalue weighted by Crippen LogP contribution is -2.40. The monoisotopic (exact) mass is 252 g/mol. The van der Waals surface area contributed by atoms with Crippen LogP contribution in [-0.4, -0.2) is 37.6 Å². The topological polar surface area (TPSA) is 57.3 Å². The Morgan fingerprint density at radius 3 is 3.12 bits per heavy atom. The van der Waals surface area contributed by atoms with E-state index in [0.717, 1.165) is 17.4 Å². The maximum absolute atomic E-state index is 11.7. The predicted molar refractivity (Wildman–Crippen MR) is 69.2 cm³/mol. The molecule has 5 nitrogen and oxygen atoms in total. The van der Waals surface area contributed by atoms with Crippen molar-refractivity contribution >= 4 is 22.4 Å². The Kier molecular flexibility index (Phi) is 3.75. The Labute approximate surface area is 105 Å². The number of anilines is 1. The Bertz CT molecular complexity index is 427. The number of rotatable bonds is 4. The summed E-state index contributed by atoms with van der Waals surface area (Å²) in [5.41, 5.74) is 0.897. The molecule has 0 bridgehead atoms. The van der Waals surface area contributed by atoms with Crippen molar-refractivity contribution in [1.82, 2.24) is 15.6 Å². The van der Waals surface area contributed by atoms with Crippen molar-refractivity contribution in [3.05, 3.63) is 23.2 Å². The molecule has 2 heterocycles. The van der Waals surface area contributed by atoms with Gasteiger partial charge in [-0.05, 0) is 0 Å². The SMILES string of the molecule is CN(C)c1nc(CNC(=O)C2C=CCN2)cs1. The van der Waals surface area contributed by atoms with Gasteiger partial charge < -0.3 is 10.2 Å². The van der Waals surface area contributed by atoms with Crippen LogP contribution in [0.15, 0.2) is 17.5 Å². The molecule has 2 N–H and O–H groups in total. The van der Waals surface area contributed by atoms with E-state index in [0.29, 0.717) is 6.54 Å². The number of carbonyl (C=O) groups excluding carboxylic acids is 1. The number of thiazole rings is 1. The van der Waals surface area contributed by atoms with Gasteiger partial charge in [-0.15, -0.1) is 11.3 Å². The Morgan fingerprint density at radius 2 is 2.53 bits per heavy atom. The lowest BCUT2D eigenvalue weighted by molar-refractivity contribution is -0.122. The quantitative estimate of drug-likeness (QED) is 0.759. The summed E-state index contributed by atoms with van der Waals surface area (Å²) in [6.07, 6.45) is 3.83. The fourth-order valence-electron chi connectivity index (χ4n) is 1.52. The number of carbonyl (C=O) groups is 1. The molecule has 92 valence electrons. The van der Waals surface area contributed by atoms with Gasteiger partial charge in [-0.25, -0.2) is 4.98 Å². The average Bonchev–Trinajstić information content (AvgIpc) is 2.97. The standard InChI is InChI=1S/C11H16N4OS/c1-15(2)11-14-8(7-17-11)6-13-10(16)9-4-3-5-12-9/h3-4,7,9,12H,5-6H2,1-2H3,(H,13,16). The van der Waals surface area contributed by atoms with Crippen LogP contribution in [0.2, 0.25) is 0 Å². The van der Waals surface area contributed by atoms with Crippen LogP contribution in [0.3, 0.4) is 0 Å². The van der Waals surface area contributed by atoms with Gasteiger partial charge in [-0.2, -0.15) is 0 Å². The third-order valence-electron chi connectivity index (χ3n) is 2.43. The summed E-state index contributed by atoms with van der Waals surface area (Å²) < 4.78 is 0. The highest BCUT2D eigenvalue weighted by atomic mass is 32.1. The molecule has 6 heteroatoms. The molecular formula is C11H16N4OS. The van der Waals surface area contributed by atoms with Crippen molar-refractivity contribution in [3.63, 3.8) is 0 Å². The molecule has 1 unspecified atom stereocenters. The number of nitrogens with one attached hydrogen (secondary N) is 2. The van der Waals surface area contributed by atoms with E-state index in [1.165, 1.54) is 0 Å². The summed E-state index contributed by atoms with van der Waals surface area (Å²) in [6.45, 7) is 1.24. The average molecular weight is 252 g/mol. The zero-order chi connectivity index (χ0) is 12.3. The van der Waals surface area contributed by atoms with Crippen LogP contribution in [0, 0.1) is 0 Å². The molecule has 0 saturated heterocycles. The van der Waals surface area contributed by atoms with E-state index in [4.69, 9.17) is 0 Å². The molecule has 1 aromatic heterocycles. The molecule has 1 aromatic rings. The minimum Gasteiger partial charge on any atom is -0.354 e. The van der Waals surface area contributed by atoms with E-state index in [-0.39, 0.29) is 11.9 Å². The first-order valence-electron chi connectivity index (χ1n) is 5.46. The van der Waals surface area contributed by atoms with E-state index in [1.807, 2.05) is 36.5 Å². The third-order valence-corrected chi connectivity index (χ3v) is 3.49. The molecule has 0 spiro atoms. The molecule has 0 aliphatic carbocycles. The van der Waals surface area contributed by atoms with Gasteiger partial charge >= 0.3 is 0 Å². The molecule has 1 aliphatic heterocycles. The molecule has 17 heavy (non-hydrogen) atoms. The Hall–Kier alpha value is -1.40. The first-order chi connectivity index (χ1) is 8.16. The van der Waals surface area contributed by atoms with Crippen LogP contribution in [0.4, 0.5) is 5.13 Å². The lowest BCUT2D eigenvalue weighted by Gasteiger charge is -2.09. The Balaban J connectivity index is 1.84. The second-order valence-corrected chi connectivity index (χ2v) is 4.88. The minimum atomic E-state index is -0.193. The molecule has 0 aromatic carbocycles. The van der Waals surface area contributed by atoms with Gasteiger partial charge in [0.05, 0.1) is 12.2 Å². The molecule has 0 radical (unpaired) electrons. The largest absolute Gasteiger partial charge is 0.354 e. The van der Waals surface area contributed by atoms with Crippen molar-refractivity contribution < 1.29 is 4.79 Å². The van der Waals surface area contributed by atoms with Gasteiger partial charge in [0.25, 0.3) is 0 Å². The van der Waals surface area contributed by atoms with Crippen molar-refractivity contribution in [1.29, 1.82) is 0 Å². The maximum atomic E-state index is 11.7. The van der Waals surface area contributed by atoms with Crippen LogP contribution in [0.25, 0.3) is 0 Å². The molecule has 1 atom stereocenters. The van der Waals surface area contributed by atoms with E-state index in [9.17, 15) is 4.79 Å². The number of amides is 1. The highest BCUT2D eigenvalue weighted by Crippen LogP contribution is 2.17. The third kappa shape index (κ3) is 3.04. The number of hydrogen-bond acceptors (Lipinski definition) is 5. The first kappa shape index (κ1) is 12.1.